The van der Waals surface area contributed by atoms with Crippen molar-refractivity contribution in [1.29, 1.82) is 0 Å². The summed E-state index contributed by atoms with van der Waals surface area (Å²) in [6, 6.07) is 0. The van der Waals surface area contributed by atoms with Crippen molar-refractivity contribution in [3.8, 4) is 0 Å². The number of rotatable bonds is 4. The van der Waals surface area contributed by atoms with Gasteiger partial charge >= 0.3 is 5.25 Å². The Morgan fingerprint density at radius 3 is 2.00 bits per heavy atom. The number of hydrogen-bond donors (Lipinski definition) is 0. The standard InChI is InChI=1S/C14H13F6NO4S/c1-13(2)4-7(21-25-13)26(22,23)14(19,20)8-11(17)9(15)6(5-24-3)10(16)12(8)18/h4-5H2,1-3H3. The highest BCUT2D eigenvalue weighted by molar-refractivity contribution is 8.06. The van der Waals surface area contributed by atoms with Crippen LogP contribution in [0, 0.1) is 23.3 Å². The zero-order valence-electron chi connectivity index (χ0n) is 13.7. The summed E-state index contributed by atoms with van der Waals surface area (Å²) in [5.74, 6) is -9.44. The van der Waals surface area contributed by atoms with Crippen molar-refractivity contribution < 1.29 is 44.3 Å². The summed E-state index contributed by atoms with van der Waals surface area (Å²) >= 11 is 0. The van der Waals surface area contributed by atoms with Gasteiger partial charge in [-0.3, -0.25) is 0 Å². The van der Waals surface area contributed by atoms with Gasteiger partial charge in [-0.1, -0.05) is 5.16 Å². The summed E-state index contributed by atoms with van der Waals surface area (Å²) in [5, 5.41) is -3.54. The lowest BCUT2D eigenvalue weighted by molar-refractivity contribution is 0.0123. The molecule has 1 aliphatic heterocycles. The number of oxime groups is 1. The molecule has 0 atom stereocenters. The van der Waals surface area contributed by atoms with Crippen LogP contribution >= 0.6 is 0 Å². The average molecular weight is 405 g/mol. The molecule has 1 aromatic rings. The first-order valence-corrected chi connectivity index (χ1v) is 8.48. The largest absolute Gasteiger partial charge is 0.389 e. The highest BCUT2D eigenvalue weighted by Crippen LogP contribution is 2.43. The SMILES string of the molecule is COCc1c(F)c(F)c(C(F)(F)S(=O)(=O)C2=NOC(C)(C)C2)c(F)c1F. The third kappa shape index (κ3) is 3.04. The minimum Gasteiger partial charge on any atom is -0.389 e. The quantitative estimate of drug-likeness (QED) is 0.569. The Kier molecular flexibility index (Phi) is 5.05. The second kappa shape index (κ2) is 6.41. The first-order chi connectivity index (χ1) is 11.8. The first kappa shape index (κ1) is 20.5. The molecule has 5 nitrogen and oxygen atoms in total. The Hall–Kier alpha value is -1.82. The van der Waals surface area contributed by atoms with E-state index in [1.165, 1.54) is 13.8 Å². The fourth-order valence-corrected chi connectivity index (χ4v) is 3.65. The minimum absolute atomic E-state index is 0.624. The van der Waals surface area contributed by atoms with Gasteiger partial charge in [-0.15, -0.1) is 0 Å². The summed E-state index contributed by atoms with van der Waals surface area (Å²) in [4.78, 5) is 4.65. The zero-order chi connectivity index (χ0) is 20.1. The second-order valence-electron chi connectivity index (χ2n) is 6.08. The fourth-order valence-electron chi connectivity index (χ4n) is 2.23. The molecule has 0 bridgehead atoms. The number of alkyl halides is 2. The van der Waals surface area contributed by atoms with Crippen molar-refractivity contribution in [2.75, 3.05) is 7.11 Å². The Balaban J connectivity index is 2.67. The van der Waals surface area contributed by atoms with Gasteiger partial charge in [0, 0.05) is 13.5 Å². The van der Waals surface area contributed by atoms with E-state index in [1.807, 2.05) is 0 Å². The number of benzene rings is 1. The molecular weight excluding hydrogens is 392 g/mol. The number of hydrogen-bond acceptors (Lipinski definition) is 5. The van der Waals surface area contributed by atoms with Gasteiger partial charge in [-0.2, -0.15) is 8.78 Å². The molecule has 1 aromatic carbocycles. The summed E-state index contributed by atoms with van der Waals surface area (Å²) < 4.78 is 113. The number of halogens is 6. The number of ether oxygens (including phenoxy) is 1. The highest BCUT2D eigenvalue weighted by Gasteiger charge is 2.57. The normalized spacial score (nSPS) is 17.2. The Morgan fingerprint density at radius 2 is 1.62 bits per heavy atom. The predicted octanol–water partition coefficient (Wildman–Crippen LogP) is 3.37. The van der Waals surface area contributed by atoms with E-state index in [-0.39, 0.29) is 0 Å². The Bertz CT molecular complexity index is 853. The first-order valence-electron chi connectivity index (χ1n) is 6.99. The molecule has 0 unspecified atom stereocenters. The lowest BCUT2D eigenvalue weighted by atomic mass is 10.1. The maximum Gasteiger partial charge on any atom is 0.382 e. The van der Waals surface area contributed by atoms with Gasteiger partial charge in [-0.25, -0.2) is 26.0 Å². The molecule has 0 radical (unpaired) electrons. The molecule has 12 heteroatoms. The van der Waals surface area contributed by atoms with Crippen molar-refractivity contribution >= 4 is 14.9 Å². The van der Waals surface area contributed by atoms with Crippen molar-refractivity contribution in [1.82, 2.24) is 0 Å². The van der Waals surface area contributed by atoms with Crippen molar-refractivity contribution in [2.45, 2.75) is 37.7 Å². The van der Waals surface area contributed by atoms with Gasteiger partial charge in [0.1, 0.15) is 11.2 Å². The Morgan fingerprint density at radius 1 is 1.12 bits per heavy atom. The van der Waals surface area contributed by atoms with Gasteiger partial charge in [0.05, 0.1) is 12.2 Å². The van der Waals surface area contributed by atoms with E-state index in [9.17, 15) is 34.8 Å². The van der Waals surface area contributed by atoms with Crippen LogP contribution in [0.2, 0.25) is 0 Å². The van der Waals surface area contributed by atoms with Crippen molar-refractivity contribution in [3.05, 3.63) is 34.4 Å². The molecule has 0 aromatic heterocycles. The monoisotopic (exact) mass is 405 g/mol. The molecule has 0 amide bonds. The molecule has 0 saturated heterocycles. The molecule has 146 valence electrons. The van der Waals surface area contributed by atoms with Crippen molar-refractivity contribution in [2.24, 2.45) is 5.16 Å². The number of sulfone groups is 1. The fraction of sp³-hybridized carbons (Fsp3) is 0.500. The molecule has 1 heterocycles. The van der Waals surface area contributed by atoms with E-state index < -0.39 is 73.2 Å². The Labute approximate surface area is 144 Å². The smallest absolute Gasteiger partial charge is 0.382 e. The van der Waals surface area contributed by atoms with E-state index in [2.05, 4.69) is 14.7 Å². The van der Waals surface area contributed by atoms with Crippen molar-refractivity contribution in [3.63, 3.8) is 0 Å². The van der Waals surface area contributed by atoms with Crippen LogP contribution in [0.1, 0.15) is 31.4 Å². The van der Waals surface area contributed by atoms with Crippen LogP contribution in [-0.4, -0.2) is 26.2 Å². The molecular formula is C14H13F6NO4S. The maximum absolute atomic E-state index is 14.5. The van der Waals surface area contributed by atoms with Crippen LogP contribution in [0.15, 0.2) is 5.16 Å². The van der Waals surface area contributed by atoms with Crippen LogP contribution in [0.5, 0.6) is 0 Å². The van der Waals surface area contributed by atoms with Crippen LogP contribution in [0.4, 0.5) is 26.3 Å². The molecule has 0 fully saturated rings. The molecule has 0 spiro atoms. The van der Waals surface area contributed by atoms with Crippen LogP contribution in [0.25, 0.3) is 0 Å². The molecule has 1 aliphatic rings. The van der Waals surface area contributed by atoms with E-state index in [1.54, 1.807) is 0 Å². The van der Waals surface area contributed by atoms with Gasteiger partial charge in [0.2, 0.25) is 0 Å². The number of nitrogens with zero attached hydrogens (tertiary/aromatic N) is 1. The topological polar surface area (TPSA) is 65.0 Å². The van der Waals surface area contributed by atoms with Crippen LogP contribution in [0.3, 0.4) is 0 Å². The van der Waals surface area contributed by atoms with Crippen LogP contribution < -0.4 is 0 Å². The van der Waals surface area contributed by atoms with Gasteiger partial charge < -0.3 is 9.57 Å². The third-order valence-corrected chi connectivity index (χ3v) is 5.27. The minimum atomic E-state index is -5.82. The van der Waals surface area contributed by atoms with E-state index in [0.717, 1.165) is 7.11 Å². The van der Waals surface area contributed by atoms with Crippen LogP contribution in [-0.2, 0) is 31.3 Å². The average Bonchev–Trinajstić information content (AvgIpc) is 2.90. The summed E-state index contributed by atoms with van der Waals surface area (Å²) in [7, 11) is -4.87. The lowest BCUT2D eigenvalue weighted by Gasteiger charge is -2.20. The predicted molar refractivity (Wildman–Crippen MR) is 77.0 cm³/mol. The molecule has 0 saturated carbocycles. The van der Waals surface area contributed by atoms with E-state index in [0.29, 0.717) is 0 Å². The van der Waals surface area contributed by atoms with E-state index in [4.69, 9.17) is 0 Å². The third-order valence-electron chi connectivity index (χ3n) is 3.55. The molecule has 0 N–H and O–H groups in total. The molecule has 2 rings (SSSR count). The number of methoxy groups -OCH3 is 1. The molecule has 0 aliphatic carbocycles. The van der Waals surface area contributed by atoms with E-state index >= 15 is 0 Å². The van der Waals surface area contributed by atoms with Gasteiger partial charge in [-0.05, 0) is 13.8 Å². The summed E-state index contributed by atoms with van der Waals surface area (Å²) in [6.45, 7) is 1.70. The maximum atomic E-state index is 14.5. The highest BCUT2D eigenvalue weighted by atomic mass is 32.2. The summed E-state index contributed by atoms with van der Waals surface area (Å²) in [6.07, 6.45) is -0.624. The summed E-state index contributed by atoms with van der Waals surface area (Å²) in [5.41, 5.74) is -5.11. The lowest BCUT2D eigenvalue weighted by Crippen LogP contribution is -2.36. The zero-order valence-corrected chi connectivity index (χ0v) is 14.5. The second-order valence-corrected chi connectivity index (χ2v) is 8.07. The van der Waals surface area contributed by atoms with Gasteiger partial charge in [0.15, 0.2) is 28.3 Å². The molecule has 26 heavy (non-hydrogen) atoms. The van der Waals surface area contributed by atoms with Gasteiger partial charge in [0.25, 0.3) is 9.84 Å².